The van der Waals surface area contributed by atoms with Gasteiger partial charge in [-0.05, 0) is 31.3 Å². The fraction of sp³-hybridized carbons (Fsp3) is 0.556. The molecule has 2 N–H and O–H groups in total. The third-order valence-corrected chi connectivity index (χ3v) is 6.73. The first-order valence-corrected chi connectivity index (χ1v) is 10.6. The molecule has 0 spiro atoms. The summed E-state index contributed by atoms with van der Waals surface area (Å²) < 4.78 is 26.5. The second-order valence-corrected chi connectivity index (χ2v) is 8.32. The minimum absolute atomic E-state index is 0.136. The van der Waals surface area contributed by atoms with Gasteiger partial charge < -0.3 is 15.5 Å². The molecule has 1 saturated heterocycles. The van der Waals surface area contributed by atoms with Crippen LogP contribution in [0.3, 0.4) is 0 Å². The lowest BCUT2D eigenvalue weighted by Crippen LogP contribution is -2.36. The van der Waals surface area contributed by atoms with Gasteiger partial charge in [0, 0.05) is 44.8 Å². The topological polar surface area (TPSA) is 98.8 Å². The number of amides is 2. The molecule has 0 aliphatic carbocycles. The molecule has 1 heterocycles. The third kappa shape index (κ3) is 4.85. The van der Waals surface area contributed by atoms with Gasteiger partial charge in [-0.15, -0.1) is 0 Å². The van der Waals surface area contributed by atoms with Crippen molar-refractivity contribution in [2.45, 2.75) is 25.2 Å². The first-order valence-electron chi connectivity index (χ1n) is 9.18. The monoisotopic (exact) mass is 396 g/mol. The fourth-order valence-corrected chi connectivity index (χ4v) is 4.56. The molecular weight excluding hydrogens is 368 g/mol. The van der Waals surface area contributed by atoms with Gasteiger partial charge in [-0.25, -0.2) is 8.42 Å². The van der Waals surface area contributed by atoms with Crippen LogP contribution in [0.25, 0.3) is 0 Å². The van der Waals surface area contributed by atoms with Crippen molar-refractivity contribution in [3.05, 3.63) is 24.3 Å². The summed E-state index contributed by atoms with van der Waals surface area (Å²) in [6, 6.07) is 6.26. The Bertz CT molecular complexity index is 760. The zero-order valence-corrected chi connectivity index (χ0v) is 16.9. The highest BCUT2D eigenvalue weighted by Crippen LogP contribution is 2.27. The van der Waals surface area contributed by atoms with E-state index in [2.05, 4.69) is 10.6 Å². The standard InChI is InChI=1S/C18H28N4O4S/c1-4-21(5-2)27(25,26)16-8-6-15(7-9-16)22-13-14(12-17(22)23)18(24)20-11-10-19-3/h6-9,14,19H,4-5,10-13H2,1-3H3,(H,20,24). The van der Waals surface area contributed by atoms with E-state index in [4.69, 9.17) is 0 Å². The molecule has 9 heteroatoms. The second kappa shape index (κ2) is 9.29. The Kier molecular flexibility index (Phi) is 7.34. The maximum atomic E-state index is 12.5. The zero-order valence-electron chi connectivity index (χ0n) is 16.1. The lowest BCUT2D eigenvalue weighted by molar-refractivity contribution is -0.126. The first-order chi connectivity index (χ1) is 12.8. The van der Waals surface area contributed by atoms with Crippen LogP contribution in [-0.2, 0) is 19.6 Å². The first kappa shape index (κ1) is 21.3. The number of nitrogens with one attached hydrogen (secondary N) is 2. The van der Waals surface area contributed by atoms with Crippen molar-refractivity contribution in [3.8, 4) is 0 Å². The van der Waals surface area contributed by atoms with Crippen molar-refractivity contribution in [2.24, 2.45) is 5.92 Å². The zero-order chi connectivity index (χ0) is 20.0. The predicted molar refractivity (Wildman–Crippen MR) is 104 cm³/mol. The number of carbonyl (C=O) groups excluding carboxylic acids is 2. The van der Waals surface area contributed by atoms with Crippen LogP contribution in [-0.4, -0.2) is 64.3 Å². The quantitative estimate of drug-likeness (QED) is 0.589. The number of hydrogen-bond donors (Lipinski definition) is 2. The number of likely N-dealkylation sites (N-methyl/N-ethyl adjacent to an activating group) is 1. The number of carbonyl (C=O) groups is 2. The molecule has 8 nitrogen and oxygen atoms in total. The van der Waals surface area contributed by atoms with Crippen molar-refractivity contribution >= 4 is 27.5 Å². The van der Waals surface area contributed by atoms with Gasteiger partial charge in [0.15, 0.2) is 0 Å². The van der Waals surface area contributed by atoms with Crippen LogP contribution >= 0.6 is 0 Å². The Balaban J connectivity index is 2.09. The SMILES string of the molecule is CCN(CC)S(=O)(=O)c1ccc(N2CC(C(=O)NCCNC)CC2=O)cc1. The molecular formula is C18H28N4O4S. The molecule has 0 bridgehead atoms. The molecule has 0 saturated carbocycles. The van der Waals surface area contributed by atoms with E-state index < -0.39 is 15.9 Å². The van der Waals surface area contributed by atoms with Crippen molar-refractivity contribution in [2.75, 3.05) is 44.7 Å². The van der Waals surface area contributed by atoms with Gasteiger partial charge in [0.1, 0.15) is 0 Å². The summed E-state index contributed by atoms with van der Waals surface area (Å²) in [5, 5.41) is 5.75. The summed E-state index contributed by atoms with van der Waals surface area (Å²) in [6.45, 7) is 5.86. The largest absolute Gasteiger partial charge is 0.355 e. The average molecular weight is 397 g/mol. The molecule has 2 amide bonds. The Morgan fingerprint density at radius 2 is 1.81 bits per heavy atom. The highest BCUT2D eigenvalue weighted by Gasteiger charge is 2.35. The van der Waals surface area contributed by atoms with Crippen LogP contribution in [0.2, 0.25) is 0 Å². The summed E-state index contributed by atoms with van der Waals surface area (Å²) in [7, 11) is -1.73. The lowest BCUT2D eigenvalue weighted by atomic mass is 10.1. The molecule has 1 unspecified atom stereocenters. The molecule has 1 aliphatic rings. The van der Waals surface area contributed by atoms with Crippen LogP contribution in [0.5, 0.6) is 0 Å². The Morgan fingerprint density at radius 1 is 1.19 bits per heavy atom. The summed E-state index contributed by atoms with van der Waals surface area (Å²) >= 11 is 0. The molecule has 1 aromatic rings. The smallest absolute Gasteiger partial charge is 0.243 e. The maximum Gasteiger partial charge on any atom is 0.243 e. The molecule has 1 atom stereocenters. The molecule has 0 radical (unpaired) electrons. The minimum atomic E-state index is -3.53. The highest BCUT2D eigenvalue weighted by molar-refractivity contribution is 7.89. The Hall–Kier alpha value is -1.97. The lowest BCUT2D eigenvalue weighted by Gasteiger charge is -2.20. The number of sulfonamides is 1. The Labute approximate surface area is 161 Å². The molecule has 1 aliphatic heterocycles. The van der Waals surface area contributed by atoms with Gasteiger partial charge in [0.2, 0.25) is 21.8 Å². The fourth-order valence-electron chi connectivity index (χ4n) is 3.10. The molecule has 2 rings (SSSR count). The number of rotatable bonds is 9. The van der Waals surface area contributed by atoms with E-state index in [0.717, 1.165) is 0 Å². The normalized spacial score (nSPS) is 17.6. The van der Waals surface area contributed by atoms with E-state index in [1.807, 2.05) is 0 Å². The molecule has 1 aromatic carbocycles. The minimum Gasteiger partial charge on any atom is -0.355 e. The predicted octanol–water partition coefficient (Wildman–Crippen LogP) is 0.406. The van der Waals surface area contributed by atoms with Gasteiger partial charge >= 0.3 is 0 Å². The summed E-state index contributed by atoms with van der Waals surface area (Å²) in [5.41, 5.74) is 0.601. The van der Waals surface area contributed by atoms with Crippen molar-refractivity contribution in [1.82, 2.24) is 14.9 Å². The van der Waals surface area contributed by atoms with Crippen molar-refractivity contribution in [3.63, 3.8) is 0 Å². The van der Waals surface area contributed by atoms with Gasteiger partial charge in [0.05, 0.1) is 10.8 Å². The van der Waals surface area contributed by atoms with Crippen LogP contribution in [0.1, 0.15) is 20.3 Å². The molecule has 1 fully saturated rings. The van der Waals surface area contributed by atoms with E-state index in [1.165, 1.54) is 21.3 Å². The van der Waals surface area contributed by atoms with E-state index >= 15 is 0 Å². The van der Waals surface area contributed by atoms with E-state index in [9.17, 15) is 18.0 Å². The van der Waals surface area contributed by atoms with E-state index in [0.29, 0.717) is 38.4 Å². The highest BCUT2D eigenvalue weighted by atomic mass is 32.2. The number of anilines is 1. The molecule has 150 valence electrons. The van der Waals surface area contributed by atoms with Crippen LogP contribution < -0.4 is 15.5 Å². The number of benzene rings is 1. The average Bonchev–Trinajstić information content (AvgIpc) is 3.04. The van der Waals surface area contributed by atoms with Crippen LogP contribution in [0.4, 0.5) is 5.69 Å². The van der Waals surface area contributed by atoms with Gasteiger partial charge in [-0.1, -0.05) is 13.8 Å². The Morgan fingerprint density at radius 3 is 2.37 bits per heavy atom. The van der Waals surface area contributed by atoms with Crippen LogP contribution in [0, 0.1) is 5.92 Å². The van der Waals surface area contributed by atoms with Gasteiger partial charge in [-0.3, -0.25) is 9.59 Å². The number of hydrogen-bond acceptors (Lipinski definition) is 5. The van der Waals surface area contributed by atoms with E-state index in [-0.39, 0.29) is 23.1 Å². The summed E-state index contributed by atoms with van der Waals surface area (Å²) in [5.74, 6) is -0.668. The molecule has 27 heavy (non-hydrogen) atoms. The number of nitrogens with zero attached hydrogens (tertiary/aromatic N) is 2. The van der Waals surface area contributed by atoms with Crippen LogP contribution in [0.15, 0.2) is 29.2 Å². The maximum absolute atomic E-state index is 12.5. The van der Waals surface area contributed by atoms with Gasteiger partial charge in [-0.2, -0.15) is 4.31 Å². The summed E-state index contributed by atoms with van der Waals surface area (Å²) in [6.07, 6.45) is 0.158. The van der Waals surface area contributed by atoms with Gasteiger partial charge in [0.25, 0.3) is 0 Å². The molecule has 0 aromatic heterocycles. The van der Waals surface area contributed by atoms with E-state index in [1.54, 1.807) is 33.0 Å². The van der Waals surface area contributed by atoms with Crippen molar-refractivity contribution in [1.29, 1.82) is 0 Å². The summed E-state index contributed by atoms with van der Waals surface area (Å²) in [4.78, 5) is 26.2. The van der Waals surface area contributed by atoms with Crippen molar-refractivity contribution < 1.29 is 18.0 Å². The third-order valence-electron chi connectivity index (χ3n) is 4.66. The second-order valence-electron chi connectivity index (χ2n) is 6.38.